The molecule has 103 heavy (non-hydrogen) atoms. The molecule has 0 aliphatic carbocycles. The Hall–Kier alpha value is -9.69. The first-order valence-electron chi connectivity index (χ1n) is 30.1. The number of nitro benzene ring substituents is 3. The highest BCUT2D eigenvalue weighted by Gasteiger charge is 2.45. The number of sulfonamides is 2. The lowest BCUT2D eigenvalue weighted by molar-refractivity contribution is -0.388. The Morgan fingerprint density at radius 3 is 1.10 bits per heavy atom. The molecule has 0 saturated carbocycles. The second kappa shape index (κ2) is 34.1. The molecule has 3 unspecified atom stereocenters. The van der Waals surface area contributed by atoms with Crippen molar-refractivity contribution < 1.29 is 84.6 Å². The number of para-hydroxylation sites is 3. The lowest BCUT2D eigenvalue weighted by atomic mass is 10.1. The fraction of sp³-hybridized carbons (Fsp3) is 0.273. The summed E-state index contributed by atoms with van der Waals surface area (Å²) in [7, 11) is -7.29. The van der Waals surface area contributed by atoms with Crippen molar-refractivity contribution in [3.8, 4) is 0 Å². The van der Waals surface area contributed by atoms with Gasteiger partial charge >= 0.3 is 18.5 Å². The smallest absolute Gasteiger partial charge is 0.400 e. The standard InChI is InChI=1S/C19H18F3N3O4S.C19H20F3N3O2S.C11H11F3N2.C8H8ClNO4S.C8H10N2O2.CH4O/c1-11-7-12(2)18(16(8-11)25(26)27)30(28,29)24-17(19(20,21)22)9-13-10-23-15-6-4-3-5-14(13)15;1-11-7-12(2)18(15(23)8-11)28(26,27)25-17(19(20,21)22)9-13-10-24-16-6-4-3-5-14(13)16;12-11(13,14)10(15)5-7-6-16-9-4-2-1-3-8(7)9;1-5-3-6(2)8(15(9,13)14)7(4-5)10(11)12;1-5-3-6(2)8(9)7(4-5)10(11)12;1-2/h3-8,10,17,23-24H,9H2,1-2H3;3-8,10,17,24-25H,9,23H2,1-2H3;1-4,6,10,16H,5,15H2;3-4H,1-2H3;3-4H,9H2,1-2H3;2H,1H3. The molecule has 0 amide bonds. The Bertz CT molecular complexity index is 5070. The fourth-order valence-electron chi connectivity index (χ4n) is 10.9. The van der Waals surface area contributed by atoms with Gasteiger partial charge in [-0.25, -0.2) is 25.3 Å². The van der Waals surface area contributed by atoms with Crippen LogP contribution in [0.1, 0.15) is 61.2 Å². The van der Waals surface area contributed by atoms with Crippen molar-refractivity contribution >= 4 is 101 Å². The van der Waals surface area contributed by atoms with Gasteiger partial charge in [-0.05, 0) is 160 Å². The van der Waals surface area contributed by atoms with E-state index in [1.807, 2.05) is 22.9 Å². The van der Waals surface area contributed by atoms with Crippen LogP contribution in [0.5, 0.6) is 0 Å². The van der Waals surface area contributed by atoms with Crippen molar-refractivity contribution in [3.05, 3.63) is 231 Å². The van der Waals surface area contributed by atoms with E-state index >= 15 is 0 Å². The molecule has 3 heterocycles. The highest BCUT2D eigenvalue weighted by atomic mass is 35.7. The summed E-state index contributed by atoms with van der Waals surface area (Å²) < 4.78 is 196. The predicted molar refractivity (Wildman–Crippen MR) is 374 cm³/mol. The Balaban J connectivity index is 0.000000240. The zero-order chi connectivity index (χ0) is 77.8. The van der Waals surface area contributed by atoms with Crippen LogP contribution in [0.4, 0.5) is 68.0 Å². The molecule has 0 radical (unpaired) electrons. The lowest BCUT2D eigenvalue weighted by Gasteiger charge is -2.22. The Kier molecular flexibility index (Phi) is 27.8. The van der Waals surface area contributed by atoms with Gasteiger partial charge in [-0.1, -0.05) is 78.9 Å². The van der Waals surface area contributed by atoms with Crippen LogP contribution in [-0.4, -0.2) is 104 Å². The van der Waals surface area contributed by atoms with Crippen molar-refractivity contribution in [1.82, 2.24) is 24.4 Å². The monoisotopic (exact) mass is 1530 g/mol. The van der Waals surface area contributed by atoms with Crippen LogP contribution in [0, 0.1) is 85.7 Å². The molecule has 10 aromatic rings. The van der Waals surface area contributed by atoms with Gasteiger partial charge in [0.2, 0.25) is 20.0 Å². The minimum absolute atomic E-state index is 0.00694. The second-order valence-corrected chi connectivity index (χ2v) is 29.2. The van der Waals surface area contributed by atoms with E-state index in [2.05, 4.69) is 15.0 Å². The van der Waals surface area contributed by atoms with E-state index in [0.717, 1.165) is 40.8 Å². The number of nitrogens with two attached hydrogens (primary N) is 3. The zero-order valence-corrected chi connectivity index (χ0v) is 59.3. The molecule has 24 nitrogen and oxygen atoms in total. The summed E-state index contributed by atoms with van der Waals surface area (Å²) in [4.78, 5) is 37.5. The van der Waals surface area contributed by atoms with Gasteiger partial charge in [-0.3, -0.25) is 30.3 Å². The molecule has 3 atom stereocenters. The number of rotatable bonds is 16. The van der Waals surface area contributed by atoms with Gasteiger partial charge in [0, 0.05) is 87.3 Å². The topological polar surface area (TPSA) is 402 Å². The number of aromatic amines is 3. The molecule has 7 aromatic carbocycles. The number of alkyl halides is 9. The Labute approximate surface area is 588 Å². The van der Waals surface area contributed by atoms with Crippen LogP contribution < -0.4 is 26.6 Å². The van der Waals surface area contributed by atoms with E-state index in [4.69, 9.17) is 33.0 Å². The Morgan fingerprint density at radius 2 is 0.757 bits per heavy atom. The number of aliphatic hydroxyl groups excluding tert-OH is 1. The van der Waals surface area contributed by atoms with Crippen LogP contribution in [-0.2, 0) is 48.4 Å². The SMILES string of the molecule is CO.Cc1cc(C)c(N)c([N+](=O)[O-])c1.Cc1cc(C)c(S(=O)(=O)Cl)c([N+](=O)[O-])c1.Cc1cc(C)c(S(=O)(=O)NC(Cc2c[nH]c3ccccc23)C(F)(F)F)c(N)c1.Cc1cc(C)c(S(=O)(=O)NC(Cc2c[nH]c3ccccc23)C(F)(F)F)c([N+](=O)[O-])c1.NC(Cc1c[nH]c2ccccc12)C(F)(F)F. The number of H-pyrrole nitrogens is 3. The first kappa shape index (κ1) is 84.0. The zero-order valence-electron chi connectivity index (χ0n) is 56.1. The van der Waals surface area contributed by atoms with E-state index < -0.39 is 115 Å². The molecule has 0 saturated heterocycles. The summed E-state index contributed by atoms with van der Waals surface area (Å²) >= 11 is 0. The average molecular weight is 1530 g/mol. The second-order valence-electron chi connectivity index (χ2n) is 23.4. The number of nitrogen functional groups attached to an aromatic ring is 2. The number of aryl methyl sites for hydroxylation is 8. The van der Waals surface area contributed by atoms with E-state index in [1.54, 1.807) is 105 Å². The third-order valence-electron chi connectivity index (χ3n) is 15.2. The van der Waals surface area contributed by atoms with Crippen molar-refractivity contribution in [2.75, 3.05) is 18.6 Å². The number of hydrogen-bond donors (Lipinski definition) is 9. The van der Waals surface area contributed by atoms with Gasteiger partial charge in [0.15, 0.2) is 9.79 Å². The summed E-state index contributed by atoms with van der Waals surface area (Å²) in [6.07, 6.45) is -11.0. The van der Waals surface area contributed by atoms with Crippen molar-refractivity contribution in [2.45, 2.75) is 126 Å². The minimum atomic E-state index is -4.92. The highest BCUT2D eigenvalue weighted by molar-refractivity contribution is 8.14. The van der Waals surface area contributed by atoms with Gasteiger partial charge < -0.3 is 37.3 Å². The van der Waals surface area contributed by atoms with Gasteiger partial charge in [-0.15, -0.1) is 0 Å². The molecule has 0 spiro atoms. The van der Waals surface area contributed by atoms with Gasteiger partial charge in [0.1, 0.15) is 28.7 Å². The van der Waals surface area contributed by atoms with E-state index in [1.165, 1.54) is 70.4 Å². The molecule has 0 aliphatic heterocycles. The summed E-state index contributed by atoms with van der Waals surface area (Å²) in [5, 5.41) is 41.4. The number of nitro groups is 3. The minimum Gasteiger partial charge on any atom is -0.400 e. The number of anilines is 2. The van der Waals surface area contributed by atoms with Gasteiger partial charge in [-0.2, -0.15) is 49.0 Å². The molecular weight excluding hydrogens is 1460 g/mol. The number of aromatic nitrogens is 3. The van der Waals surface area contributed by atoms with Crippen molar-refractivity contribution in [1.29, 1.82) is 0 Å². The van der Waals surface area contributed by atoms with E-state index in [9.17, 15) is 95.1 Å². The molecule has 10 rings (SSSR count). The van der Waals surface area contributed by atoms with Crippen LogP contribution >= 0.6 is 10.7 Å². The molecule has 0 bridgehead atoms. The quantitative estimate of drug-likeness (QED) is 0.0143. The molecular formula is C66H71ClF9N11O13S3. The first-order valence-corrected chi connectivity index (χ1v) is 35.3. The third kappa shape index (κ3) is 22.2. The summed E-state index contributed by atoms with van der Waals surface area (Å²) in [6.45, 7) is 12.7. The van der Waals surface area contributed by atoms with E-state index in [-0.39, 0.29) is 50.6 Å². The van der Waals surface area contributed by atoms with Gasteiger partial charge in [0.05, 0.1) is 20.5 Å². The highest BCUT2D eigenvalue weighted by Crippen LogP contribution is 2.36. The van der Waals surface area contributed by atoms with Crippen molar-refractivity contribution in [3.63, 3.8) is 0 Å². The predicted octanol–water partition coefficient (Wildman–Crippen LogP) is 14.1. The first-order chi connectivity index (χ1) is 47.6. The number of fused-ring (bicyclic) bond motifs is 3. The van der Waals surface area contributed by atoms with Crippen LogP contribution in [0.2, 0.25) is 0 Å². The lowest BCUT2D eigenvalue weighted by Crippen LogP contribution is -2.47. The number of halogens is 10. The molecule has 0 fully saturated rings. The number of nitrogens with zero attached hydrogens (tertiary/aromatic N) is 3. The number of hydrogen-bond acceptors (Lipinski definition) is 16. The average Bonchev–Trinajstić information content (AvgIpc) is 1.35. The molecule has 0 aliphatic rings. The van der Waals surface area contributed by atoms with Crippen molar-refractivity contribution in [2.24, 2.45) is 5.73 Å². The van der Waals surface area contributed by atoms with Crippen LogP contribution in [0.3, 0.4) is 0 Å². The number of aliphatic hydroxyl groups is 1. The summed E-state index contributed by atoms with van der Waals surface area (Å²) in [5.74, 6) is 0. The largest absolute Gasteiger partial charge is 0.405 e. The summed E-state index contributed by atoms with van der Waals surface area (Å²) in [6, 6.07) is 25.6. The normalized spacial score (nSPS) is 12.7. The van der Waals surface area contributed by atoms with Crippen LogP contribution in [0.15, 0.2) is 155 Å². The molecule has 37 heteroatoms. The maximum absolute atomic E-state index is 13.7. The molecule has 556 valence electrons. The Morgan fingerprint density at radius 1 is 0.456 bits per heavy atom. The number of benzene rings is 7. The number of nitrogens with one attached hydrogen (secondary N) is 5. The maximum Gasteiger partial charge on any atom is 0.405 e. The molecule has 3 aromatic heterocycles. The maximum atomic E-state index is 13.7. The molecule has 12 N–H and O–H groups in total. The van der Waals surface area contributed by atoms with Crippen LogP contribution in [0.25, 0.3) is 32.7 Å². The summed E-state index contributed by atoms with van der Waals surface area (Å²) in [5.41, 5.74) is 22.6. The van der Waals surface area contributed by atoms with Gasteiger partial charge in [0.25, 0.3) is 26.1 Å². The van der Waals surface area contributed by atoms with E-state index in [0.29, 0.717) is 44.1 Å². The fourth-order valence-corrected chi connectivity index (χ4v) is 15.5. The third-order valence-corrected chi connectivity index (χ3v) is 20.1.